The van der Waals surface area contributed by atoms with Gasteiger partial charge in [-0.15, -0.1) is 0 Å². The van der Waals surface area contributed by atoms with E-state index in [1.807, 2.05) is 23.0 Å². The van der Waals surface area contributed by atoms with E-state index in [9.17, 15) is 0 Å². The third kappa shape index (κ3) is 5.43. The number of aromatic nitrogens is 3. The number of nitrogens with zero attached hydrogens (tertiary/aromatic N) is 4. The molecule has 1 atom stereocenters. The normalized spacial score (nSPS) is 13.3. The Morgan fingerprint density at radius 2 is 2.17 bits per heavy atom. The summed E-state index contributed by atoms with van der Waals surface area (Å²) in [6.45, 7) is 8.61. The van der Waals surface area contributed by atoms with Crippen molar-refractivity contribution < 1.29 is 4.52 Å². The minimum atomic E-state index is 0.369. The third-order valence-electron chi connectivity index (χ3n) is 3.50. The summed E-state index contributed by atoms with van der Waals surface area (Å²) >= 11 is 0. The summed E-state index contributed by atoms with van der Waals surface area (Å²) in [7, 11) is 1.76. The van der Waals surface area contributed by atoms with Crippen molar-refractivity contribution in [2.45, 2.75) is 39.8 Å². The van der Waals surface area contributed by atoms with Gasteiger partial charge >= 0.3 is 0 Å². The van der Waals surface area contributed by atoms with Gasteiger partial charge in [-0.1, -0.05) is 25.9 Å². The fraction of sp³-hybridized carbons (Fsp3) is 0.562. The molecule has 0 aliphatic rings. The third-order valence-corrected chi connectivity index (χ3v) is 3.50. The molecule has 2 rings (SSSR count). The van der Waals surface area contributed by atoms with E-state index in [4.69, 9.17) is 4.52 Å². The number of hydrogen-bond acceptors (Lipinski definition) is 4. The van der Waals surface area contributed by atoms with Crippen LogP contribution in [0, 0.1) is 5.92 Å². The van der Waals surface area contributed by atoms with Gasteiger partial charge in [0, 0.05) is 38.6 Å². The monoisotopic (exact) mass is 318 g/mol. The Bertz CT molecular complexity index is 602. The standard InChI is InChI=1S/C16H26N6O/c1-12(2)15-8-14(23-21-15)10-19-16(17-4)18-9-13(3)11-22-7-5-6-20-22/h5-8,12-13H,9-11H2,1-4H3,(H2,17,18,19). The number of rotatable bonds is 7. The second-order valence-electron chi connectivity index (χ2n) is 6.01. The predicted molar refractivity (Wildman–Crippen MR) is 90.2 cm³/mol. The van der Waals surface area contributed by atoms with Crippen LogP contribution < -0.4 is 10.6 Å². The van der Waals surface area contributed by atoms with Crippen molar-refractivity contribution in [2.75, 3.05) is 13.6 Å². The van der Waals surface area contributed by atoms with Gasteiger partial charge in [0.1, 0.15) is 0 Å². The van der Waals surface area contributed by atoms with Crippen molar-refractivity contribution in [3.05, 3.63) is 36.0 Å². The molecule has 0 fully saturated rings. The quantitative estimate of drug-likeness (QED) is 0.603. The molecule has 0 spiro atoms. The number of hydrogen-bond donors (Lipinski definition) is 2. The lowest BCUT2D eigenvalue weighted by Crippen LogP contribution is -2.39. The lowest BCUT2D eigenvalue weighted by atomic mass is 10.1. The van der Waals surface area contributed by atoms with Crippen LogP contribution in [0.5, 0.6) is 0 Å². The van der Waals surface area contributed by atoms with Crippen LogP contribution in [-0.4, -0.2) is 34.5 Å². The lowest BCUT2D eigenvalue weighted by Gasteiger charge is -2.15. The number of nitrogens with one attached hydrogen (secondary N) is 2. The summed E-state index contributed by atoms with van der Waals surface area (Å²) < 4.78 is 7.24. The van der Waals surface area contributed by atoms with Gasteiger partial charge in [0.15, 0.2) is 11.7 Å². The molecule has 0 saturated heterocycles. The van der Waals surface area contributed by atoms with Gasteiger partial charge in [-0.3, -0.25) is 9.67 Å². The maximum atomic E-state index is 5.31. The maximum absolute atomic E-state index is 5.31. The first kappa shape index (κ1) is 17.1. The Kier molecular flexibility index (Phi) is 6.19. The van der Waals surface area contributed by atoms with Gasteiger partial charge in [-0.25, -0.2) is 0 Å². The Morgan fingerprint density at radius 3 is 2.78 bits per heavy atom. The topological polar surface area (TPSA) is 80.3 Å². The summed E-state index contributed by atoms with van der Waals surface area (Å²) in [6, 6.07) is 3.91. The average Bonchev–Trinajstić information content (AvgIpc) is 3.18. The molecule has 2 aromatic rings. The summed E-state index contributed by atoms with van der Waals surface area (Å²) in [5, 5.41) is 14.8. The van der Waals surface area contributed by atoms with E-state index in [-0.39, 0.29) is 0 Å². The molecule has 0 aliphatic heterocycles. The van der Waals surface area contributed by atoms with Crippen LogP contribution in [0.3, 0.4) is 0 Å². The van der Waals surface area contributed by atoms with E-state index in [0.717, 1.165) is 30.5 Å². The highest BCUT2D eigenvalue weighted by atomic mass is 16.5. The van der Waals surface area contributed by atoms with Gasteiger partial charge in [0.25, 0.3) is 0 Å². The van der Waals surface area contributed by atoms with Crippen molar-refractivity contribution in [3.8, 4) is 0 Å². The second kappa shape index (κ2) is 8.36. The number of guanidine groups is 1. The highest BCUT2D eigenvalue weighted by molar-refractivity contribution is 5.79. The van der Waals surface area contributed by atoms with Crippen LogP contribution in [0.2, 0.25) is 0 Å². The Labute approximate surface area is 137 Å². The first-order valence-corrected chi connectivity index (χ1v) is 7.96. The average molecular weight is 318 g/mol. The van der Waals surface area contributed by atoms with E-state index < -0.39 is 0 Å². The zero-order valence-corrected chi connectivity index (χ0v) is 14.3. The SMILES string of the molecule is CN=C(NCc1cc(C(C)C)no1)NCC(C)Cn1cccn1. The molecule has 7 nitrogen and oxygen atoms in total. The molecule has 0 amide bonds. The van der Waals surface area contributed by atoms with E-state index in [1.54, 1.807) is 13.2 Å². The molecule has 0 aliphatic carbocycles. The van der Waals surface area contributed by atoms with E-state index >= 15 is 0 Å². The molecule has 2 aromatic heterocycles. The highest BCUT2D eigenvalue weighted by Gasteiger charge is 2.09. The fourth-order valence-electron chi connectivity index (χ4n) is 2.14. The minimum absolute atomic E-state index is 0.369. The molecule has 0 bridgehead atoms. The van der Waals surface area contributed by atoms with Crippen molar-refractivity contribution in [1.29, 1.82) is 0 Å². The Balaban J connectivity index is 1.74. The van der Waals surface area contributed by atoms with Gasteiger partial charge in [-0.05, 0) is 17.9 Å². The van der Waals surface area contributed by atoms with Crippen LogP contribution in [-0.2, 0) is 13.1 Å². The summed E-state index contributed by atoms with van der Waals surface area (Å²) in [5.74, 6) is 2.36. The molecular weight excluding hydrogens is 292 g/mol. The van der Waals surface area contributed by atoms with Crippen LogP contribution in [0.4, 0.5) is 0 Å². The van der Waals surface area contributed by atoms with E-state index in [0.29, 0.717) is 18.4 Å². The van der Waals surface area contributed by atoms with Crippen molar-refractivity contribution in [3.63, 3.8) is 0 Å². The van der Waals surface area contributed by atoms with Crippen LogP contribution >= 0.6 is 0 Å². The zero-order chi connectivity index (χ0) is 16.7. The molecule has 0 radical (unpaired) electrons. The first-order valence-electron chi connectivity index (χ1n) is 7.96. The summed E-state index contributed by atoms with van der Waals surface area (Å²) in [4.78, 5) is 4.22. The van der Waals surface area contributed by atoms with Crippen molar-refractivity contribution >= 4 is 5.96 Å². The minimum Gasteiger partial charge on any atom is -0.359 e. The predicted octanol–water partition coefficient (Wildman–Crippen LogP) is 2.00. The molecule has 0 aromatic carbocycles. The second-order valence-corrected chi connectivity index (χ2v) is 6.01. The highest BCUT2D eigenvalue weighted by Crippen LogP contribution is 2.13. The molecule has 126 valence electrons. The van der Waals surface area contributed by atoms with Gasteiger partial charge in [0.05, 0.1) is 12.2 Å². The van der Waals surface area contributed by atoms with E-state index in [1.165, 1.54) is 0 Å². The molecule has 2 heterocycles. The largest absolute Gasteiger partial charge is 0.359 e. The Hall–Kier alpha value is -2.31. The van der Waals surface area contributed by atoms with Crippen LogP contribution in [0.25, 0.3) is 0 Å². The molecular formula is C16H26N6O. The summed E-state index contributed by atoms with van der Waals surface area (Å²) in [5.41, 5.74) is 0.970. The van der Waals surface area contributed by atoms with Gasteiger partial charge in [-0.2, -0.15) is 5.10 Å². The van der Waals surface area contributed by atoms with Crippen LogP contribution in [0.15, 0.2) is 34.0 Å². The smallest absolute Gasteiger partial charge is 0.191 e. The number of aliphatic imine (C=N–C) groups is 1. The molecule has 2 N–H and O–H groups in total. The Morgan fingerprint density at radius 1 is 1.35 bits per heavy atom. The van der Waals surface area contributed by atoms with Crippen molar-refractivity contribution in [1.82, 2.24) is 25.6 Å². The lowest BCUT2D eigenvalue weighted by molar-refractivity contribution is 0.371. The zero-order valence-electron chi connectivity index (χ0n) is 14.3. The van der Waals surface area contributed by atoms with Gasteiger partial charge < -0.3 is 15.2 Å². The summed E-state index contributed by atoms with van der Waals surface area (Å²) in [6.07, 6.45) is 3.77. The fourth-order valence-corrected chi connectivity index (χ4v) is 2.14. The van der Waals surface area contributed by atoms with Gasteiger partial charge in [0.2, 0.25) is 0 Å². The molecule has 23 heavy (non-hydrogen) atoms. The molecule has 1 unspecified atom stereocenters. The first-order chi connectivity index (χ1) is 11.1. The molecule has 7 heteroatoms. The van der Waals surface area contributed by atoms with E-state index in [2.05, 4.69) is 46.7 Å². The molecule has 0 saturated carbocycles. The van der Waals surface area contributed by atoms with Crippen molar-refractivity contribution in [2.24, 2.45) is 10.9 Å². The maximum Gasteiger partial charge on any atom is 0.191 e. The van der Waals surface area contributed by atoms with Crippen LogP contribution in [0.1, 0.15) is 38.1 Å².